The summed E-state index contributed by atoms with van der Waals surface area (Å²) in [6.45, 7) is 1.99. The van der Waals surface area contributed by atoms with Crippen LogP contribution >= 0.6 is 11.8 Å². The van der Waals surface area contributed by atoms with Gasteiger partial charge in [-0.3, -0.25) is 9.59 Å². The van der Waals surface area contributed by atoms with E-state index in [9.17, 15) is 9.59 Å². The second kappa shape index (κ2) is 8.48. The number of fused-ring (bicyclic) bond motifs is 2. The number of Topliss-reactive ketones (excluding diaryl/α,β-unsaturated/α-hetero) is 1. The van der Waals surface area contributed by atoms with Crippen molar-refractivity contribution in [2.75, 3.05) is 11.6 Å². The van der Waals surface area contributed by atoms with E-state index >= 15 is 0 Å². The van der Waals surface area contributed by atoms with Crippen LogP contribution in [0.4, 0.5) is 5.82 Å². The predicted molar refractivity (Wildman–Crippen MR) is 130 cm³/mol. The van der Waals surface area contributed by atoms with Crippen molar-refractivity contribution in [3.05, 3.63) is 89.5 Å². The summed E-state index contributed by atoms with van der Waals surface area (Å²) in [4.78, 5) is 36.3. The molecule has 0 aliphatic heterocycles. The number of nitrogens with one attached hydrogen (secondary N) is 1. The number of rotatable bonds is 5. The molecule has 1 aliphatic rings. The van der Waals surface area contributed by atoms with Crippen LogP contribution in [-0.2, 0) is 23.1 Å². The first-order chi connectivity index (χ1) is 16.0. The van der Waals surface area contributed by atoms with Gasteiger partial charge in [0.2, 0.25) is 5.91 Å². The first kappa shape index (κ1) is 21.4. The number of anilines is 1. The standard InChI is InChI=1S/C26H24N4O2S/c1-26(20-4-3-14-30-15-13-27-25(20)30)12-11-21-19(24(26)32)9-10-22(28-21)29-23(31)16-17-5-7-18(33-2)8-6-17/h3-10,13-15H,11-12,16H2,1-2H3,(H,28,29,31). The average Bonchev–Trinajstić information content (AvgIpc) is 3.31. The lowest BCUT2D eigenvalue weighted by Crippen LogP contribution is -2.38. The van der Waals surface area contributed by atoms with Crippen LogP contribution in [0, 0.1) is 0 Å². The second-order valence-electron chi connectivity index (χ2n) is 8.50. The number of imidazole rings is 1. The highest BCUT2D eigenvalue weighted by Gasteiger charge is 2.42. The summed E-state index contributed by atoms with van der Waals surface area (Å²) in [7, 11) is 0. The summed E-state index contributed by atoms with van der Waals surface area (Å²) >= 11 is 1.67. The molecule has 7 heteroatoms. The van der Waals surface area contributed by atoms with E-state index in [1.54, 1.807) is 30.1 Å². The van der Waals surface area contributed by atoms with Crippen LogP contribution in [0.1, 0.15) is 40.5 Å². The van der Waals surface area contributed by atoms with Gasteiger partial charge >= 0.3 is 0 Å². The van der Waals surface area contributed by atoms with Crippen molar-refractivity contribution in [2.24, 2.45) is 0 Å². The van der Waals surface area contributed by atoms with E-state index in [4.69, 9.17) is 0 Å². The largest absolute Gasteiger partial charge is 0.310 e. The molecule has 0 bridgehead atoms. The first-order valence-electron chi connectivity index (χ1n) is 10.9. The van der Waals surface area contributed by atoms with Crippen LogP contribution in [0.5, 0.6) is 0 Å². The predicted octanol–water partition coefficient (Wildman–Crippen LogP) is 4.72. The van der Waals surface area contributed by atoms with Gasteiger partial charge in [-0.15, -0.1) is 11.8 Å². The third-order valence-electron chi connectivity index (χ3n) is 6.39. The SMILES string of the molecule is CSc1ccc(CC(=O)Nc2ccc3c(n2)CCC(C)(c2cccn4ccnc24)C3=O)cc1. The Hall–Kier alpha value is -3.45. The molecule has 33 heavy (non-hydrogen) atoms. The van der Waals surface area contributed by atoms with Gasteiger partial charge in [0.25, 0.3) is 0 Å². The summed E-state index contributed by atoms with van der Waals surface area (Å²) in [5, 5.41) is 2.88. The van der Waals surface area contributed by atoms with Crippen LogP contribution < -0.4 is 5.32 Å². The number of amides is 1. The molecule has 5 rings (SSSR count). The summed E-state index contributed by atoms with van der Waals surface area (Å²) in [6, 6.07) is 15.4. The number of aromatic nitrogens is 3. The van der Waals surface area contributed by atoms with Crippen molar-refractivity contribution in [3.8, 4) is 0 Å². The fraction of sp³-hybridized carbons (Fsp3) is 0.231. The van der Waals surface area contributed by atoms with E-state index in [0.29, 0.717) is 24.2 Å². The summed E-state index contributed by atoms with van der Waals surface area (Å²) in [5.74, 6) is 0.391. The normalized spacial score (nSPS) is 17.7. The molecule has 1 aliphatic carbocycles. The van der Waals surface area contributed by atoms with Crippen molar-refractivity contribution >= 4 is 34.9 Å². The Morgan fingerprint density at radius 2 is 1.97 bits per heavy atom. The molecule has 1 amide bonds. The molecule has 0 saturated carbocycles. The van der Waals surface area contributed by atoms with E-state index in [-0.39, 0.29) is 18.1 Å². The maximum atomic E-state index is 13.6. The van der Waals surface area contributed by atoms with Gasteiger partial charge in [-0.2, -0.15) is 0 Å². The van der Waals surface area contributed by atoms with Crippen molar-refractivity contribution < 1.29 is 9.59 Å². The maximum absolute atomic E-state index is 13.6. The summed E-state index contributed by atoms with van der Waals surface area (Å²) in [6.07, 6.45) is 9.16. The molecule has 1 aromatic carbocycles. The summed E-state index contributed by atoms with van der Waals surface area (Å²) < 4.78 is 1.94. The number of nitrogens with zero attached hydrogens (tertiary/aromatic N) is 3. The molecule has 6 nitrogen and oxygen atoms in total. The third-order valence-corrected chi connectivity index (χ3v) is 7.13. The molecule has 1 N–H and O–H groups in total. The quantitative estimate of drug-likeness (QED) is 0.440. The van der Waals surface area contributed by atoms with Crippen molar-refractivity contribution in [3.63, 3.8) is 0 Å². The zero-order valence-corrected chi connectivity index (χ0v) is 19.4. The smallest absolute Gasteiger partial charge is 0.229 e. The number of carbonyl (C=O) groups is 2. The molecular formula is C26H24N4O2S. The van der Waals surface area contributed by atoms with Crippen LogP contribution in [0.2, 0.25) is 0 Å². The fourth-order valence-electron chi connectivity index (χ4n) is 4.50. The minimum absolute atomic E-state index is 0.0408. The van der Waals surface area contributed by atoms with E-state index in [1.807, 2.05) is 66.4 Å². The highest BCUT2D eigenvalue weighted by molar-refractivity contribution is 7.98. The number of thioether (sulfide) groups is 1. The van der Waals surface area contributed by atoms with Gasteiger partial charge in [-0.1, -0.05) is 18.2 Å². The van der Waals surface area contributed by atoms with Gasteiger partial charge in [-0.25, -0.2) is 9.97 Å². The van der Waals surface area contributed by atoms with Gasteiger partial charge < -0.3 is 9.72 Å². The molecule has 4 aromatic rings. The number of pyridine rings is 2. The van der Waals surface area contributed by atoms with E-state index in [2.05, 4.69) is 15.3 Å². The minimum Gasteiger partial charge on any atom is -0.310 e. The van der Waals surface area contributed by atoms with Crippen molar-refractivity contribution in [2.45, 2.75) is 36.5 Å². The number of ketones is 1. The Kier molecular flexibility index (Phi) is 5.50. The maximum Gasteiger partial charge on any atom is 0.229 e. The number of aryl methyl sites for hydroxylation is 1. The third kappa shape index (κ3) is 3.93. The van der Waals surface area contributed by atoms with E-state index in [0.717, 1.165) is 27.4 Å². The van der Waals surface area contributed by atoms with E-state index in [1.165, 1.54) is 0 Å². The average molecular weight is 457 g/mol. The molecule has 1 unspecified atom stereocenters. The molecule has 0 fully saturated rings. The van der Waals surface area contributed by atoms with Gasteiger partial charge in [0.05, 0.1) is 17.5 Å². The Morgan fingerprint density at radius 1 is 1.15 bits per heavy atom. The lowest BCUT2D eigenvalue weighted by atomic mass is 9.69. The molecule has 1 atom stereocenters. The first-order valence-corrected chi connectivity index (χ1v) is 12.1. The number of benzene rings is 1. The van der Waals surface area contributed by atoms with E-state index < -0.39 is 5.41 Å². The van der Waals surface area contributed by atoms with Gasteiger partial charge in [-0.05, 0) is 61.9 Å². The van der Waals surface area contributed by atoms with Crippen LogP contribution in [-0.4, -0.2) is 32.3 Å². The lowest BCUT2D eigenvalue weighted by molar-refractivity contribution is -0.115. The Morgan fingerprint density at radius 3 is 2.76 bits per heavy atom. The summed E-state index contributed by atoms with van der Waals surface area (Å²) in [5.41, 5.74) is 3.35. The number of hydrogen-bond donors (Lipinski definition) is 1. The van der Waals surface area contributed by atoms with Gasteiger partial charge in [0.15, 0.2) is 5.78 Å². The molecule has 0 saturated heterocycles. The van der Waals surface area contributed by atoms with Crippen LogP contribution in [0.3, 0.4) is 0 Å². The van der Waals surface area contributed by atoms with Crippen molar-refractivity contribution in [1.82, 2.24) is 14.4 Å². The van der Waals surface area contributed by atoms with Gasteiger partial charge in [0, 0.05) is 34.6 Å². The minimum atomic E-state index is -0.670. The molecular weight excluding hydrogens is 432 g/mol. The molecule has 3 aromatic heterocycles. The Bertz CT molecular complexity index is 1360. The second-order valence-corrected chi connectivity index (χ2v) is 9.38. The van der Waals surface area contributed by atoms with Crippen LogP contribution in [0.15, 0.2) is 72.0 Å². The molecule has 0 radical (unpaired) electrons. The molecule has 166 valence electrons. The molecule has 0 spiro atoms. The zero-order valence-electron chi connectivity index (χ0n) is 18.5. The van der Waals surface area contributed by atoms with Crippen LogP contribution in [0.25, 0.3) is 5.65 Å². The molecule has 3 heterocycles. The van der Waals surface area contributed by atoms with Gasteiger partial charge in [0.1, 0.15) is 11.5 Å². The number of carbonyl (C=O) groups excluding carboxylic acids is 2. The Balaban J connectivity index is 1.35. The van der Waals surface area contributed by atoms with Crippen molar-refractivity contribution in [1.29, 1.82) is 0 Å². The topological polar surface area (TPSA) is 76.4 Å². The lowest BCUT2D eigenvalue weighted by Gasteiger charge is -2.33. The fourth-order valence-corrected chi connectivity index (χ4v) is 4.91. The Labute approximate surface area is 196 Å². The monoisotopic (exact) mass is 456 g/mol. The highest BCUT2D eigenvalue weighted by Crippen LogP contribution is 2.39. The number of hydrogen-bond acceptors (Lipinski definition) is 5. The zero-order chi connectivity index (χ0) is 23.0. The highest BCUT2D eigenvalue weighted by atomic mass is 32.2.